The van der Waals surface area contributed by atoms with Gasteiger partial charge in [-0.2, -0.15) is 0 Å². The van der Waals surface area contributed by atoms with Gasteiger partial charge in [0.25, 0.3) is 5.91 Å². The van der Waals surface area contributed by atoms with Crippen molar-refractivity contribution in [3.63, 3.8) is 0 Å². The van der Waals surface area contributed by atoms with Gasteiger partial charge in [0, 0.05) is 17.7 Å². The minimum absolute atomic E-state index is 0.0328. The van der Waals surface area contributed by atoms with E-state index in [0.29, 0.717) is 46.6 Å². The highest BCUT2D eigenvalue weighted by Crippen LogP contribution is 2.37. The van der Waals surface area contributed by atoms with Crippen LogP contribution in [0, 0.1) is 5.92 Å². The summed E-state index contributed by atoms with van der Waals surface area (Å²) >= 11 is 6.34. The Bertz CT molecular complexity index is 887. The number of benzene rings is 2. The molecule has 0 heterocycles. The minimum atomic E-state index is -0.995. The van der Waals surface area contributed by atoms with Crippen LogP contribution in [0.1, 0.15) is 42.3 Å². The van der Waals surface area contributed by atoms with Gasteiger partial charge in [0.05, 0.1) is 33.0 Å². The summed E-state index contributed by atoms with van der Waals surface area (Å²) in [5.41, 5.74) is 0.800. The molecular weight excluding hydrogens is 422 g/mol. The molecule has 0 saturated heterocycles. The van der Waals surface area contributed by atoms with Crippen LogP contribution in [0.4, 0.5) is 0 Å². The molecule has 0 aliphatic rings. The molecule has 2 aromatic rings. The molecule has 1 amide bonds. The fourth-order valence-electron chi connectivity index (χ4n) is 2.89. The molecule has 1 atom stereocenters. The highest BCUT2D eigenvalue weighted by molar-refractivity contribution is 6.32. The topological polar surface area (TPSA) is 86.2 Å². The summed E-state index contributed by atoms with van der Waals surface area (Å²) in [6, 6.07) is 8.17. The fraction of sp³-hybridized carbons (Fsp3) is 0.435. The second kappa shape index (κ2) is 11.7. The Morgan fingerprint density at radius 3 is 2.39 bits per heavy atom. The van der Waals surface area contributed by atoms with Crippen molar-refractivity contribution in [2.45, 2.75) is 26.4 Å². The first kappa shape index (κ1) is 24.6. The first-order chi connectivity index (χ1) is 14.8. The quantitative estimate of drug-likeness (QED) is 0.531. The average molecular weight is 452 g/mol. The minimum Gasteiger partial charge on any atom is -0.497 e. The Morgan fingerprint density at radius 1 is 1.06 bits per heavy atom. The summed E-state index contributed by atoms with van der Waals surface area (Å²) in [6.45, 7) is 4.67. The van der Waals surface area contributed by atoms with E-state index in [1.807, 2.05) is 0 Å². The zero-order valence-electron chi connectivity index (χ0n) is 18.5. The molecule has 2 N–H and O–H groups in total. The van der Waals surface area contributed by atoms with E-state index in [9.17, 15) is 9.90 Å². The summed E-state index contributed by atoms with van der Waals surface area (Å²) in [5, 5.41) is 13.6. The molecule has 31 heavy (non-hydrogen) atoms. The van der Waals surface area contributed by atoms with Crippen molar-refractivity contribution in [1.29, 1.82) is 0 Å². The number of methoxy groups -OCH3 is 3. The Balaban J connectivity index is 2.11. The first-order valence-corrected chi connectivity index (χ1v) is 10.4. The predicted octanol–water partition coefficient (Wildman–Crippen LogP) is 4.25. The SMILES string of the molecule is COc1ccc(OC)c(C(O)CNC(=O)c2cc(Cl)c(OCCC(C)C)c(OC)c2)c1. The number of nitrogens with one attached hydrogen (secondary N) is 1. The lowest BCUT2D eigenvalue weighted by atomic mass is 10.1. The highest BCUT2D eigenvalue weighted by Gasteiger charge is 2.19. The van der Waals surface area contributed by atoms with Crippen molar-refractivity contribution in [1.82, 2.24) is 5.32 Å². The van der Waals surface area contributed by atoms with E-state index in [4.69, 9.17) is 30.5 Å². The molecule has 0 aliphatic carbocycles. The van der Waals surface area contributed by atoms with Gasteiger partial charge in [-0.3, -0.25) is 4.79 Å². The Kier molecular flexibility index (Phi) is 9.27. The number of aliphatic hydroxyl groups is 1. The number of hydrogen-bond donors (Lipinski definition) is 2. The van der Waals surface area contributed by atoms with E-state index in [2.05, 4.69) is 19.2 Å². The molecule has 0 aliphatic heterocycles. The molecule has 0 aromatic heterocycles. The van der Waals surface area contributed by atoms with Crippen molar-refractivity contribution >= 4 is 17.5 Å². The summed E-state index contributed by atoms with van der Waals surface area (Å²) in [5.74, 6) is 1.93. The summed E-state index contributed by atoms with van der Waals surface area (Å²) in [6.07, 6.45) is -0.127. The zero-order valence-corrected chi connectivity index (χ0v) is 19.3. The average Bonchev–Trinajstić information content (AvgIpc) is 2.77. The maximum atomic E-state index is 12.7. The molecule has 7 nitrogen and oxygen atoms in total. The molecule has 0 bridgehead atoms. The summed E-state index contributed by atoms with van der Waals surface area (Å²) < 4.78 is 21.6. The lowest BCUT2D eigenvalue weighted by molar-refractivity contribution is 0.0914. The van der Waals surface area contributed by atoms with E-state index >= 15 is 0 Å². The number of halogens is 1. The molecular formula is C23H30ClNO6. The summed E-state index contributed by atoms with van der Waals surface area (Å²) in [4.78, 5) is 12.7. The van der Waals surface area contributed by atoms with Crippen LogP contribution in [0.2, 0.25) is 5.02 Å². The third-order valence-corrected chi connectivity index (χ3v) is 4.97. The van der Waals surface area contributed by atoms with Gasteiger partial charge in [0.15, 0.2) is 11.5 Å². The normalized spacial score (nSPS) is 11.7. The Hall–Kier alpha value is -2.64. The van der Waals surface area contributed by atoms with Gasteiger partial charge in [0.1, 0.15) is 17.6 Å². The molecule has 0 saturated carbocycles. The fourth-order valence-corrected chi connectivity index (χ4v) is 3.15. The predicted molar refractivity (Wildman–Crippen MR) is 120 cm³/mol. The maximum absolute atomic E-state index is 12.7. The number of carbonyl (C=O) groups excluding carboxylic acids is 1. The lowest BCUT2D eigenvalue weighted by Gasteiger charge is -2.17. The van der Waals surface area contributed by atoms with E-state index in [-0.39, 0.29) is 11.6 Å². The van der Waals surface area contributed by atoms with E-state index < -0.39 is 12.0 Å². The van der Waals surface area contributed by atoms with Crippen molar-refractivity contribution in [3.8, 4) is 23.0 Å². The monoisotopic (exact) mass is 451 g/mol. The van der Waals surface area contributed by atoms with Gasteiger partial charge >= 0.3 is 0 Å². The van der Waals surface area contributed by atoms with Crippen LogP contribution in [0.25, 0.3) is 0 Å². The second-order valence-corrected chi connectivity index (χ2v) is 7.76. The van der Waals surface area contributed by atoms with Gasteiger partial charge < -0.3 is 29.4 Å². The Labute approximate surface area is 188 Å². The maximum Gasteiger partial charge on any atom is 0.251 e. The first-order valence-electron chi connectivity index (χ1n) is 9.99. The van der Waals surface area contributed by atoms with Gasteiger partial charge in [-0.05, 0) is 42.7 Å². The van der Waals surface area contributed by atoms with Crippen LogP contribution < -0.4 is 24.3 Å². The molecule has 8 heteroatoms. The largest absolute Gasteiger partial charge is 0.497 e. The van der Waals surface area contributed by atoms with Crippen molar-refractivity contribution in [2.24, 2.45) is 5.92 Å². The van der Waals surface area contributed by atoms with E-state index in [1.165, 1.54) is 27.4 Å². The van der Waals surface area contributed by atoms with Gasteiger partial charge in [-0.15, -0.1) is 0 Å². The molecule has 1 unspecified atom stereocenters. The van der Waals surface area contributed by atoms with Crippen LogP contribution in [0.3, 0.4) is 0 Å². The molecule has 0 fully saturated rings. The van der Waals surface area contributed by atoms with Gasteiger partial charge in [0.2, 0.25) is 0 Å². The number of hydrogen-bond acceptors (Lipinski definition) is 6. The van der Waals surface area contributed by atoms with E-state index in [0.717, 1.165) is 6.42 Å². The highest BCUT2D eigenvalue weighted by atomic mass is 35.5. The third-order valence-electron chi connectivity index (χ3n) is 4.69. The molecule has 2 aromatic carbocycles. The number of rotatable bonds is 11. The van der Waals surface area contributed by atoms with Crippen LogP contribution >= 0.6 is 11.6 Å². The van der Waals surface area contributed by atoms with Crippen LogP contribution in [0.5, 0.6) is 23.0 Å². The number of ether oxygens (including phenoxy) is 4. The second-order valence-electron chi connectivity index (χ2n) is 7.35. The van der Waals surface area contributed by atoms with Crippen molar-refractivity contribution < 1.29 is 28.8 Å². The molecule has 0 spiro atoms. The van der Waals surface area contributed by atoms with E-state index in [1.54, 1.807) is 24.3 Å². The molecule has 170 valence electrons. The van der Waals surface area contributed by atoms with Crippen molar-refractivity contribution in [3.05, 3.63) is 46.5 Å². The number of amides is 1. The number of aliphatic hydroxyl groups excluding tert-OH is 1. The van der Waals surface area contributed by atoms with Gasteiger partial charge in [-0.1, -0.05) is 25.4 Å². The lowest BCUT2D eigenvalue weighted by Crippen LogP contribution is -2.28. The van der Waals surface area contributed by atoms with Crippen LogP contribution in [-0.2, 0) is 0 Å². The zero-order chi connectivity index (χ0) is 23.0. The molecule has 0 radical (unpaired) electrons. The standard InChI is InChI=1S/C23H30ClNO6/c1-14(2)8-9-31-22-18(24)10-15(11-21(22)30-5)23(27)25-13-19(26)17-12-16(28-3)6-7-20(17)29-4/h6-7,10-12,14,19,26H,8-9,13H2,1-5H3,(H,25,27). The smallest absolute Gasteiger partial charge is 0.251 e. The van der Waals surface area contributed by atoms with Gasteiger partial charge in [-0.25, -0.2) is 0 Å². The number of carbonyl (C=O) groups is 1. The Morgan fingerprint density at radius 2 is 1.77 bits per heavy atom. The summed E-state index contributed by atoms with van der Waals surface area (Å²) in [7, 11) is 4.53. The third kappa shape index (κ3) is 6.67. The molecule has 2 rings (SSSR count). The van der Waals surface area contributed by atoms with Crippen LogP contribution in [-0.4, -0.2) is 45.5 Å². The van der Waals surface area contributed by atoms with Crippen molar-refractivity contribution in [2.75, 3.05) is 34.5 Å². The van der Waals surface area contributed by atoms with Crippen LogP contribution in [0.15, 0.2) is 30.3 Å².